The minimum Gasteiger partial charge on any atom is -0.321 e. The van der Waals surface area contributed by atoms with E-state index in [4.69, 9.17) is 0 Å². The van der Waals surface area contributed by atoms with E-state index in [-0.39, 0.29) is 11.5 Å². The number of nitrogens with zero attached hydrogens (tertiary/aromatic N) is 6. The topological polar surface area (TPSA) is 118 Å². The second-order valence-electron chi connectivity index (χ2n) is 7.79. The molecule has 0 radical (unpaired) electrons. The molecule has 1 atom stereocenters. The van der Waals surface area contributed by atoms with Crippen LogP contribution in [0, 0.1) is 0 Å². The highest BCUT2D eigenvalue weighted by molar-refractivity contribution is 5.80. The van der Waals surface area contributed by atoms with Crippen molar-refractivity contribution in [1.82, 2.24) is 40.4 Å². The van der Waals surface area contributed by atoms with Crippen LogP contribution >= 0.6 is 0 Å². The fraction of sp³-hybridized carbons (Fsp3) is 0.217. The summed E-state index contributed by atoms with van der Waals surface area (Å²) in [4.78, 5) is 17.0. The van der Waals surface area contributed by atoms with Crippen LogP contribution in [0.1, 0.15) is 37.4 Å². The normalized spacial score (nSPS) is 12.3. The molecule has 0 aliphatic heterocycles. The molecule has 0 aliphatic rings. The van der Waals surface area contributed by atoms with Gasteiger partial charge in [0.1, 0.15) is 11.0 Å². The number of hydrogen-bond acceptors (Lipinski definition) is 6. The molecule has 0 amide bonds. The number of nitrogens with one attached hydrogen (secondary N) is 2. The number of benzene rings is 2. The Hall–Kier alpha value is -4.14. The molecule has 0 saturated carbocycles. The van der Waals surface area contributed by atoms with Gasteiger partial charge in [-0.3, -0.25) is 4.79 Å². The Morgan fingerprint density at radius 3 is 2.53 bits per heavy atom. The summed E-state index contributed by atoms with van der Waals surface area (Å²) in [5, 5.41) is 21.3. The van der Waals surface area contributed by atoms with Crippen LogP contribution in [0.15, 0.2) is 59.7 Å². The first-order valence-electron chi connectivity index (χ1n) is 10.5. The van der Waals surface area contributed by atoms with Crippen molar-refractivity contribution in [1.29, 1.82) is 0 Å². The van der Waals surface area contributed by atoms with Gasteiger partial charge < -0.3 is 4.57 Å². The molecule has 3 heterocycles. The molecule has 0 saturated heterocycles. The van der Waals surface area contributed by atoms with Crippen LogP contribution in [0.4, 0.5) is 0 Å². The molecule has 9 nitrogen and oxygen atoms in total. The Balaban J connectivity index is 1.47. The predicted molar refractivity (Wildman–Crippen MR) is 121 cm³/mol. The van der Waals surface area contributed by atoms with Crippen molar-refractivity contribution in [3.63, 3.8) is 0 Å². The molecule has 2 N–H and O–H groups in total. The first-order valence-corrected chi connectivity index (χ1v) is 10.5. The molecule has 160 valence electrons. The molecule has 0 bridgehead atoms. The largest absolute Gasteiger partial charge is 0.321 e. The van der Waals surface area contributed by atoms with E-state index in [0.717, 1.165) is 34.4 Å². The van der Waals surface area contributed by atoms with Crippen molar-refractivity contribution in [3.05, 3.63) is 76.5 Å². The minimum absolute atomic E-state index is 0.219. The molecule has 32 heavy (non-hydrogen) atoms. The number of hydrogen-bond donors (Lipinski definition) is 2. The van der Waals surface area contributed by atoms with Crippen molar-refractivity contribution in [2.45, 2.75) is 32.7 Å². The Kier molecular flexibility index (Phi) is 5.06. The lowest BCUT2D eigenvalue weighted by molar-refractivity contribution is 0.694. The summed E-state index contributed by atoms with van der Waals surface area (Å²) in [7, 11) is 0. The number of imidazole rings is 1. The monoisotopic (exact) mass is 426 g/mol. The summed E-state index contributed by atoms with van der Waals surface area (Å²) in [6, 6.07) is 16.2. The Morgan fingerprint density at radius 2 is 1.81 bits per heavy atom. The van der Waals surface area contributed by atoms with E-state index in [0.29, 0.717) is 23.4 Å². The minimum atomic E-state index is -0.227. The van der Waals surface area contributed by atoms with Crippen LogP contribution in [-0.4, -0.2) is 40.4 Å². The molecule has 2 aromatic carbocycles. The first-order chi connectivity index (χ1) is 15.7. The average molecular weight is 426 g/mol. The maximum absolute atomic E-state index is 12.5. The van der Waals surface area contributed by atoms with Gasteiger partial charge in [0.05, 0.1) is 12.0 Å². The van der Waals surface area contributed by atoms with Gasteiger partial charge in [-0.15, -0.1) is 10.2 Å². The maximum atomic E-state index is 12.5. The van der Waals surface area contributed by atoms with Gasteiger partial charge in [0, 0.05) is 18.0 Å². The highest BCUT2D eigenvalue weighted by Crippen LogP contribution is 2.30. The van der Waals surface area contributed by atoms with E-state index in [2.05, 4.69) is 73.9 Å². The smallest absolute Gasteiger partial charge is 0.290 e. The van der Waals surface area contributed by atoms with E-state index in [9.17, 15) is 4.79 Å². The van der Waals surface area contributed by atoms with Gasteiger partial charge in [-0.05, 0) is 28.3 Å². The molecule has 5 aromatic rings. The van der Waals surface area contributed by atoms with E-state index < -0.39 is 0 Å². The van der Waals surface area contributed by atoms with Crippen LogP contribution in [0.3, 0.4) is 0 Å². The van der Waals surface area contributed by atoms with Crippen molar-refractivity contribution in [2.75, 3.05) is 0 Å². The third-order valence-electron chi connectivity index (χ3n) is 5.78. The maximum Gasteiger partial charge on any atom is 0.290 e. The zero-order valence-corrected chi connectivity index (χ0v) is 17.8. The number of aromatic nitrogens is 8. The molecular formula is C23H22N8O. The van der Waals surface area contributed by atoms with Gasteiger partial charge in [0.2, 0.25) is 5.82 Å². The van der Waals surface area contributed by atoms with Crippen LogP contribution in [0.2, 0.25) is 0 Å². The van der Waals surface area contributed by atoms with Crippen LogP contribution in [0.25, 0.3) is 33.5 Å². The summed E-state index contributed by atoms with van der Waals surface area (Å²) in [5.74, 6) is 0.774. The van der Waals surface area contributed by atoms with E-state index in [1.165, 1.54) is 0 Å². The number of aromatic amines is 2. The number of fused-ring (bicyclic) bond motifs is 1. The van der Waals surface area contributed by atoms with Crippen LogP contribution in [-0.2, 0) is 6.54 Å². The summed E-state index contributed by atoms with van der Waals surface area (Å²) in [6.07, 6.45) is 2.64. The molecule has 1 unspecified atom stereocenters. The summed E-state index contributed by atoms with van der Waals surface area (Å²) < 4.78 is 1.88. The molecular weight excluding hydrogens is 404 g/mol. The van der Waals surface area contributed by atoms with Gasteiger partial charge in [-0.25, -0.2) is 10.1 Å². The van der Waals surface area contributed by atoms with Crippen LogP contribution < -0.4 is 5.56 Å². The van der Waals surface area contributed by atoms with Crippen molar-refractivity contribution in [3.8, 4) is 22.5 Å². The lowest BCUT2D eigenvalue weighted by Gasteiger charge is -2.10. The summed E-state index contributed by atoms with van der Waals surface area (Å²) in [5.41, 5.74) is 5.87. The molecule has 9 heteroatoms. The highest BCUT2D eigenvalue weighted by Gasteiger charge is 2.17. The summed E-state index contributed by atoms with van der Waals surface area (Å²) in [6.45, 7) is 4.72. The second kappa shape index (κ2) is 8.18. The van der Waals surface area contributed by atoms with Crippen molar-refractivity contribution in [2.24, 2.45) is 0 Å². The SMILES string of the molecule is CCC(C)c1n[nH]c(=O)c2c1ncn2Cc1ccc(-c2ccccc2-c2nn[nH]n2)cc1. The first kappa shape index (κ1) is 19.8. The highest BCUT2D eigenvalue weighted by atomic mass is 16.1. The van der Waals surface area contributed by atoms with Gasteiger partial charge in [0.25, 0.3) is 5.56 Å². The van der Waals surface area contributed by atoms with Gasteiger partial charge in [0.15, 0.2) is 0 Å². The van der Waals surface area contributed by atoms with E-state index in [1.807, 2.05) is 28.8 Å². The second-order valence-corrected chi connectivity index (χ2v) is 7.79. The lowest BCUT2D eigenvalue weighted by Crippen LogP contribution is -2.15. The van der Waals surface area contributed by atoms with E-state index >= 15 is 0 Å². The number of tetrazole rings is 1. The van der Waals surface area contributed by atoms with Gasteiger partial charge >= 0.3 is 0 Å². The van der Waals surface area contributed by atoms with Gasteiger partial charge in [-0.2, -0.15) is 10.3 Å². The number of rotatable bonds is 6. The molecule has 3 aromatic heterocycles. The quantitative estimate of drug-likeness (QED) is 0.429. The van der Waals surface area contributed by atoms with Crippen molar-refractivity contribution >= 4 is 11.0 Å². The fourth-order valence-corrected chi connectivity index (χ4v) is 3.87. The zero-order valence-electron chi connectivity index (χ0n) is 17.8. The Bertz CT molecular complexity index is 1420. The molecule has 0 aliphatic carbocycles. The lowest BCUT2D eigenvalue weighted by atomic mass is 9.98. The standard InChI is InChI=1S/C23H22N8O/c1-3-14(2)19-20-21(23(32)28-25-19)31(13-24-20)12-15-8-10-16(11-9-15)17-6-4-5-7-18(17)22-26-29-30-27-22/h4-11,13-14H,3,12H2,1-2H3,(H,28,32)(H,26,27,29,30). The Labute approximate surface area is 183 Å². The fourth-order valence-electron chi connectivity index (χ4n) is 3.87. The molecule has 0 fully saturated rings. The molecule has 0 spiro atoms. The van der Waals surface area contributed by atoms with Gasteiger partial charge in [-0.1, -0.05) is 62.4 Å². The van der Waals surface area contributed by atoms with Crippen molar-refractivity contribution < 1.29 is 0 Å². The predicted octanol–water partition coefficient (Wildman–Crippen LogP) is 3.53. The summed E-state index contributed by atoms with van der Waals surface area (Å²) >= 11 is 0. The number of H-pyrrole nitrogens is 2. The Morgan fingerprint density at radius 1 is 1.03 bits per heavy atom. The third kappa shape index (κ3) is 3.47. The van der Waals surface area contributed by atoms with E-state index in [1.54, 1.807) is 6.33 Å². The third-order valence-corrected chi connectivity index (χ3v) is 5.78. The van der Waals surface area contributed by atoms with Crippen LogP contribution in [0.5, 0.6) is 0 Å². The zero-order chi connectivity index (χ0) is 22.1. The molecule has 5 rings (SSSR count). The average Bonchev–Trinajstić information content (AvgIpc) is 3.51.